The summed E-state index contributed by atoms with van der Waals surface area (Å²) < 4.78 is 6.14. The van der Waals surface area contributed by atoms with Crippen LogP contribution in [0.3, 0.4) is 0 Å². The van der Waals surface area contributed by atoms with Crippen molar-refractivity contribution in [1.29, 1.82) is 0 Å². The van der Waals surface area contributed by atoms with Crippen molar-refractivity contribution in [3.8, 4) is 0 Å². The monoisotopic (exact) mass is 268 g/mol. The molecule has 0 fully saturated rings. The molecule has 3 nitrogen and oxygen atoms in total. The molecule has 0 saturated carbocycles. The van der Waals surface area contributed by atoms with E-state index in [0.717, 1.165) is 16.0 Å². The van der Waals surface area contributed by atoms with Crippen LogP contribution in [0.2, 0.25) is 0 Å². The quantitative estimate of drug-likeness (QED) is 0.794. The Hall–Kier alpha value is -1.03. The van der Waals surface area contributed by atoms with Gasteiger partial charge < -0.3 is 10.5 Å². The van der Waals surface area contributed by atoms with E-state index in [1.54, 1.807) is 7.11 Å². The highest BCUT2D eigenvalue weighted by atomic mass is 79.9. The summed E-state index contributed by atoms with van der Waals surface area (Å²) in [6, 6.07) is 0. The molecule has 2 atom stereocenters. The second-order valence-electron chi connectivity index (χ2n) is 3.69. The standard InChI is InChI=1S/C11H13BrN2O/c1-6-8-4-3-7(15-2)5-9(8)14-11(13)10(6)12/h3-6,8H,13H2,1-2H3. The molecule has 1 aliphatic heterocycles. The normalized spacial score (nSPS) is 29.5. The predicted octanol–water partition coefficient (Wildman–Crippen LogP) is 2.32. The molecule has 0 radical (unpaired) electrons. The Balaban J connectivity index is 2.41. The van der Waals surface area contributed by atoms with E-state index in [0.29, 0.717) is 17.7 Å². The van der Waals surface area contributed by atoms with Gasteiger partial charge in [-0.2, -0.15) is 0 Å². The van der Waals surface area contributed by atoms with E-state index >= 15 is 0 Å². The minimum atomic E-state index is 0.297. The zero-order valence-corrected chi connectivity index (χ0v) is 10.3. The Kier molecular flexibility index (Phi) is 2.69. The number of rotatable bonds is 1. The molecule has 80 valence electrons. The third-order valence-corrected chi connectivity index (χ3v) is 3.90. The van der Waals surface area contributed by atoms with E-state index < -0.39 is 0 Å². The van der Waals surface area contributed by atoms with Gasteiger partial charge in [-0.15, -0.1) is 0 Å². The van der Waals surface area contributed by atoms with Crippen LogP contribution in [-0.2, 0) is 4.74 Å². The van der Waals surface area contributed by atoms with E-state index in [-0.39, 0.29) is 0 Å². The Labute approximate surface area is 97.5 Å². The molecule has 2 unspecified atom stereocenters. The van der Waals surface area contributed by atoms with Gasteiger partial charge in [0.15, 0.2) is 0 Å². The molecule has 2 aliphatic rings. The summed E-state index contributed by atoms with van der Waals surface area (Å²) in [5.41, 5.74) is 6.79. The SMILES string of the molecule is COC1=CC2=NC(N)=C(Br)C(C)C2C=C1. The molecule has 0 amide bonds. The number of halogens is 1. The van der Waals surface area contributed by atoms with Crippen LogP contribution in [0.4, 0.5) is 0 Å². The largest absolute Gasteiger partial charge is 0.497 e. The van der Waals surface area contributed by atoms with Crippen molar-refractivity contribution < 1.29 is 4.74 Å². The number of nitrogens with two attached hydrogens (primary N) is 1. The van der Waals surface area contributed by atoms with Crippen LogP contribution in [0.25, 0.3) is 0 Å². The van der Waals surface area contributed by atoms with Crippen molar-refractivity contribution in [3.05, 3.63) is 34.3 Å². The maximum absolute atomic E-state index is 5.81. The molecule has 0 aromatic heterocycles. The number of hydrogen-bond acceptors (Lipinski definition) is 3. The molecule has 0 bridgehead atoms. The summed E-state index contributed by atoms with van der Waals surface area (Å²) >= 11 is 3.47. The summed E-state index contributed by atoms with van der Waals surface area (Å²) in [6.45, 7) is 2.13. The summed E-state index contributed by atoms with van der Waals surface area (Å²) in [6.07, 6.45) is 6.02. The second-order valence-corrected chi connectivity index (χ2v) is 4.55. The molecular formula is C11H13BrN2O. The molecule has 0 aromatic rings. The van der Waals surface area contributed by atoms with Gasteiger partial charge in [0, 0.05) is 22.4 Å². The first-order valence-electron chi connectivity index (χ1n) is 4.81. The smallest absolute Gasteiger partial charge is 0.134 e. The van der Waals surface area contributed by atoms with Crippen LogP contribution >= 0.6 is 15.9 Å². The van der Waals surface area contributed by atoms with Gasteiger partial charge in [0.1, 0.15) is 11.6 Å². The van der Waals surface area contributed by atoms with Gasteiger partial charge in [-0.25, -0.2) is 4.99 Å². The van der Waals surface area contributed by atoms with Crippen LogP contribution < -0.4 is 5.73 Å². The van der Waals surface area contributed by atoms with Crippen LogP contribution in [0, 0.1) is 11.8 Å². The van der Waals surface area contributed by atoms with Crippen LogP contribution in [0.15, 0.2) is 39.3 Å². The lowest BCUT2D eigenvalue weighted by Gasteiger charge is -2.28. The van der Waals surface area contributed by atoms with Gasteiger partial charge in [0.2, 0.25) is 0 Å². The molecule has 0 spiro atoms. The van der Waals surface area contributed by atoms with Gasteiger partial charge >= 0.3 is 0 Å². The Morgan fingerprint density at radius 3 is 2.93 bits per heavy atom. The lowest BCUT2D eigenvalue weighted by Crippen LogP contribution is -2.27. The van der Waals surface area contributed by atoms with Crippen molar-refractivity contribution in [3.63, 3.8) is 0 Å². The first kappa shape index (κ1) is 10.5. The van der Waals surface area contributed by atoms with Crippen LogP contribution in [-0.4, -0.2) is 12.8 Å². The number of nitrogens with zero attached hydrogens (tertiary/aromatic N) is 1. The Morgan fingerprint density at radius 1 is 1.53 bits per heavy atom. The topological polar surface area (TPSA) is 47.6 Å². The van der Waals surface area contributed by atoms with Crippen molar-refractivity contribution in [2.45, 2.75) is 6.92 Å². The highest BCUT2D eigenvalue weighted by Gasteiger charge is 2.29. The van der Waals surface area contributed by atoms with E-state index in [9.17, 15) is 0 Å². The summed E-state index contributed by atoms with van der Waals surface area (Å²) in [4.78, 5) is 4.35. The zero-order chi connectivity index (χ0) is 11.0. The second kappa shape index (κ2) is 3.85. The maximum Gasteiger partial charge on any atom is 0.134 e. The third-order valence-electron chi connectivity index (χ3n) is 2.77. The van der Waals surface area contributed by atoms with E-state index in [4.69, 9.17) is 10.5 Å². The van der Waals surface area contributed by atoms with Crippen LogP contribution in [0.5, 0.6) is 0 Å². The average molecular weight is 269 g/mol. The summed E-state index contributed by atoms with van der Waals surface area (Å²) in [5, 5.41) is 0. The highest BCUT2D eigenvalue weighted by molar-refractivity contribution is 9.11. The summed E-state index contributed by atoms with van der Waals surface area (Å²) in [7, 11) is 1.65. The molecule has 4 heteroatoms. The lowest BCUT2D eigenvalue weighted by molar-refractivity contribution is 0.305. The molecule has 0 aromatic carbocycles. The van der Waals surface area contributed by atoms with E-state index in [1.165, 1.54) is 0 Å². The average Bonchev–Trinajstić information content (AvgIpc) is 2.25. The minimum absolute atomic E-state index is 0.297. The number of aliphatic imine (C=N–C) groups is 1. The minimum Gasteiger partial charge on any atom is -0.497 e. The molecule has 2 N–H and O–H groups in total. The fraction of sp³-hybridized carbons (Fsp3) is 0.364. The number of hydrogen-bond donors (Lipinski definition) is 1. The molecule has 1 aliphatic carbocycles. The number of fused-ring (bicyclic) bond motifs is 1. The highest BCUT2D eigenvalue weighted by Crippen LogP contribution is 2.35. The molecule has 0 saturated heterocycles. The van der Waals surface area contributed by atoms with Crippen molar-refractivity contribution in [2.75, 3.05) is 7.11 Å². The zero-order valence-electron chi connectivity index (χ0n) is 8.70. The molecule has 15 heavy (non-hydrogen) atoms. The van der Waals surface area contributed by atoms with Gasteiger partial charge in [-0.3, -0.25) is 0 Å². The van der Waals surface area contributed by atoms with Gasteiger partial charge in [-0.1, -0.05) is 28.9 Å². The van der Waals surface area contributed by atoms with Crippen molar-refractivity contribution in [2.24, 2.45) is 22.6 Å². The van der Waals surface area contributed by atoms with Crippen molar-refractivity contribution in [1.82, 2.24) is 0 Å². The number of methoxy groups -OCH3 is 1. The molecular weight excluding hydrogens is 256 g/mol. The van der Waals surface area contributed by atoms with Gasteiger partial charge in [0.05, 0.1) is 12.8 Å². The Morgan fingerprint density at radius 2 is 2.27 bits per heavy atom. The first-order chi connectivity index (χ1) is 7.13. The van der Waals surface area contributed by atoms with E-state index in [1.807, 2.05) is 12.2 Å². The maximum atomic E-state index is 5.81. The van der Waals surface area contributed by atoms with Gasteiger partial charge in [0.25, 0.3) is 0 Å². The lowest BCUT2D eigenvalue weighted by atomic mass is 9.84. The predicted molar refractivity (Wildman–Crippen MR) is 64.5 cm³/mol. The van der Waals surface area contributed by atoms with Gasteiger partial charge in [-0.05, 0) is 6.08 Å². The third kappa shape index (κ3) is 1.74. The Bertz CT molecular complexity index is 407. The summed E-state index contributed by atoms with van der Waals surface area (Å²) in [5.74, 6) is 2.02. The van der Waals surface area contributed by atoms with Crippen LogP contribution in [0.1, 0.15) is 6.92 Å². The fourth-order valence-corrected chi connectivity index (χ4v) is 2.20. The molecule has 2 rings (SSSR count). The number of allylic oxidation sites excluding steroid dienone is 4. The number of ether oxygens (including phenoxy) is 1. The fourth-order valence-electron chi connectivity index (χ4n) is 1.83. The van der Waals surface area contributed by atoms with E-state index in [2.05, 4.69) is 33.9 Å². The first-order valence-corrected chi connectivity index (χ1v) is 5.60. The molecule has 1 heterocycles. The van der Waals surface area contributed by atoms with Crippen molar-refractivity contribution >= 4 is 21.6 Å².